The van der Waals surface area contributed by atoms with Gasteiger partial charge < -0.3 is 26.0 Å². The van der Waals surface area contributed by atoms with Crippen LogP contribution in [0.1, 0.15) is 16.8 Å². The molecule has 2 aromatic heterocycles. The van der Waals surface area contributed by atoms with Crippen LogP contribution < -0.4 is 26.1 Å². The number of carboxylic acids is 2. The lowest BCUT2D eigenvalue weighted by atomic mass is 10.2. The van der Waals surface area contributed by atoms with Gasteiger partial charge in [0.05, 0.1) is 17.7 Å². The number of aromatic nitrogens is 1. The molecule has 3 aromatic rings. The van der Waals surface area contributed by atoms with Crippen LogP contribution in [0.4, 0.5) is 13.2 Å². The molecular weight excluding hydrogens is 577 g/mol. The molecule has 17 heteroatoms. The molecule has 1 amide bonds. The number of carbonyl (C=O) groups is 3. The molecule has 0 saturated heterocycles. The van der Waals surface area contributed by atoms with Crippen molar-refractivity contribution in [3.8, 4) is 5.75 Å². The van der Waals surface area contributed by atoms with Gasteiger partial charge in [0, 0.05) is 23.7 Å². The van der Waals surface area contributed by atoms with Crippen LogP contribution in [0.25, 0.3) is 5.52 Å². The molecule has 41 heavy (non-hydrogen) atoms. The van der Waals surface area contributed by atoms with Gasteiger partial charge in [-0.3, -0.25) is 18.8 Å². The molecule has 0 aliphatic rings. The minimum Gasteiger partial charge on any atom is -0.492 e. The fourth-order valence-corrected chi connectivity index (χ4v) is 4.24. The summed E-state index contributed by atoms with van der Waals surface area (Å²) in [6, 6.07) is 11.4. The number of halogens is 3. The second-order valence-corrected chi connectivity index (χ2v) is 9.78. The third kappa shape index (κ3) is 9.89. The predicted octanol–water partition coefficient (Wildman–Crippen LogP) is 0.822. The zero-order valence-corrected chi connectivity index (χ0v) is 21.8. The topological polar surface area (TPSA) is 207 Å². The van der Waals surface area contributed by atoms with Gasteiger partial charge in [-0.1, -0.05) is 18.2 Å². The standard InChI is InChI=1S/C22H24N4O7S.C2HF3O2/c23-9-4-10-33-17-8-7-16-11-15(12-20(27)26(16)14-17)21(28)24-13-19(22(29)30)25-34(31,32)18-5-2-1-3-6-18;3-2(4,5)1(6)7/h1-3,5-8,11-12,14,19,25H,4,9-10,13,23H2,(H,24,28)(H,29,30);(H,6,7)/t19-;/m0./s1. The monoisotopic (exact) mass is 602 g/mol. The quantitative estimate of drug-likeness (QED) is 0.195. The van der Waals surface area contributed by atoms with Crippen molar-refractivity contribution in [3.63, 3.8) is 0 Å². The normalized spacial score (nSPS) is 12.1. The summed E-state index contributed by atoms with van der Waals surface area (Å²) in [5.74, 6) is -4.49. The molecule has 13 nitrogen and oxygen atoms in total. The number of nitrogens with two attached hydrogens (primary N) is 1. The SMILES string of the molecule is NCCCOc1ccc2cc(C(=O)NC[C@H](NS(=O)(=O)c3ccccc3)C(=O)O)cc(=O)n2c1.O=C(O)C(F)(F)F. The molecule has 6 N–H and O–H groups in total. The molecule has 0 bridgehead atoms. The van der Waals surface area contributed by atoms with E-state index in [-0.39, 0.29) is 10.5 Å². The second kappa shape index (κ2) is 14.2. The van der Waals surface area contributed by atoms with E-state index in [0.29, 0.717) is 30.8 Å². The summed E-state index contributed by atoms with van der Waals surface area (Å²) >= 11 is 0. The van der Waals surface area contributed by atoms with Crippen molar-refractivity contribution in [1.29, 1.82) is 0 Å². The van der Waals surface area contributed by atoms with Crippen molar-refractivity contribution >= 4 is 33.4 Å². The Morgan fingerprint density at radius 2 is 1.68 bits per heavy atom. The Hall–Kier alpha value is -4.48. The minimum absolute atomic E-state index is 0.00291. The fourth-order valence-electron chi connectivity index (χ4n) is 3.03. The molecule has 222 valence electrons. The van der Waals surface area contributed by atoms with Gasteiger partial charge in [0.15, 0.2) is 0 Å². The summed E-state index contributed by atoms with van der Waals surface area (Å²) in [5, 5.41) is 18.9. The largest absolute Gasteiger partial charge is 0.492 e. The van der Waals surface area contributed by atoms with E-state index in [0.717, 1.165) is 6.07 Å². The van der Waals surface area contributed by atoms with E-state index in [1.54, 1.807) is 18.2 Å². The van der Waals surface area contributed by atoms with Crippen LogP contribution in [-0.2, 0) is 19.6 Å². The molecule has 0 fully saturated rings. The first kappa shape index (κ1) is 32.7. The molecule has 0 aliphatic heterocycles. The van der Waals surface area contributed by atoms with Crippen LogP contribution in [-0.4, -0.2) is 72.8 Å². The molecule has 1 aromatic carbocycles. The fraction of sp³-hybridized carbons (Fsp3) is 0.250. The van der Waals surface area contributed by atoms with Crippen LogP contribution >= 0.6 is 0 Å². The van der Waals surface area contributed by atoms with Gasteiger partial charge in [-0.2, -0.15) is 17.9 Å². The smallest absolute Gasteiger partial charge is 0.490 e. The van der Waals surface area contributed by atoms with Crippen molar-refractivity contribution in [1.82, 2.24) is 14.4 Å². The lowest BCUT2D eigenvalue weighted by Crippen LogP contribution is -2.48. The zero-order chi connectivity index (χ0) is 30.8. The number of amides is 1. The molecule has 0 spiro atoms. The Morgan fingerprint density at radius 3 is 2.24 bits per heavy atom. The number of alkyl halides is 3. The first-order chi connectivity index (χ1) is 19.2. The van der Waals surface area contributed by atoms with Crippen LogP contribution in [0.15, 0.2) is 70.5 Å². The molecule has 0 aliphatic carbocycles. The van der Waals surface area contributed by atoms with E-state index in [1.165, 1.54) is 40.9 Å². The Bertz CT molecular complexity index is 1550. The van der Waals surface area contributed by atoms with Gasteiger partial charge in [0.25, 0.3) is 11.5 Å². The third-order valence-corrected chi connectivity index (χ3v) is 6.50. The zero-order valence-electron chi connectivity index (χ0n) is 21.0. The number of hydrogen-bond acceptors (Lipinski definition) is 8. The number of hydrogen-bond donors (Lipinski definition) is 5. The number of ether oxygens (including phenoxy) is 1. The second-order valence-electron chi connectivity index (χ2n) is 8.07. The lowest BCUT2D eigenvalue weighted by molar-refractivity contribution is -0.192. The first-order valence-corrected chi connectivity index (χ1v) is 13.0. The summed E-state index contributed by atoms with van der Waals surface area (Å²) in [6.07, 6.45) is -2.93. The molecule has 0 radical (unpaired) electrons. The summed E-state index contributed by atoms with van der Waals surface area (Å²) in [7, 11) is -4.12. The molecule has 0 saturated carbocycles. The average Bonchev–Trinajstić information content (AvgIpc) is 2.91. The summed E-state index contributed by atoms with van der Waals surface area (Å²) < 4.78 is 65.4. The van der Waals surface area contributed by atoms with Crippen molar-refractivity contribution in [3.05, 3.63) is 76.7 Å². The number of fused-ring (bicyclic) bond motifs is 1. The van der Waals surface area contributed by atoms with E-state index >= 15 is 0 Å². The first-order valence-electron chi connectivity index (χ1n) is 11.5. The average molecular weight is 603 g/mol. The number of aliphatic carboxylic acids is 2. The van der Waals surface area contributed by atoms with E-state index in [2.05, 4.69) is 10.0 Å². The van der Waals surface area contributed by atoms with Crippen LogP contribution in [0, 0.1) is 0 Å². The third-order valence-electron chi connectivity index (χ3n) is 5.01. The molecular formula is C24H25F3N4O9S. The Kier molecular flexibility index (Phi) is 11.4. The highest BCUT2D eigenvalue weighted by Gasteiger charge is 2.38. The van der Waals surface area contributed by atoms with Crippen LogP contribution in [0.5, 0.6) is 5.75 Å². The summed E-state index contributed by atoms with van der Waals surface area (Å²) in [4.78, 5) is 45.4. The van der Waals surface area contributed by atoms with Crippen LogP contribution in [0.3, 0.4) is 0 Å². The van der Waals surface area contributed by atoms with Gasteiger partial charge in [0.1, 0.15) is 11.8 Å². The number of nitrogens with zero attached hydrogens (tertiary/aromatic N) is 1. The van der Waals surface area contributed by atoms with E-state index in [9.17, 15) is 41.1 Å². The van der Waals surface area contributed by atoms with Crippen molar-refractivity contribution in [2.45, 2.75) is 23.5 Å². The molecule has 3 rings (SSSR count). The molecule has 2 heterocycles. The van der Waals surface area contributed by atoms with Gasteiger partial charge in [-0.25, -0.2) is 13.2 Å². The van der Waals surface area contributed by atoms with Crippen molar-refractivity contribution in [2.75, 3.05) is 19.7 Å². The van der Waals surface area contributed by atoms with Crippen molar-refractivity contribution in [2.24, 2.45) is 5.73 Å². The number of pyridine rings is 2. The maximum Gasteiger partial charge on any atom is 0.490 e. The van der Waals surface area contributed by atoms with Crippen LogP contribution in [0.2, 0.25) is 0 Å². The van der Waals surface area contributed by atoms with Gasteiger partial charge >= 0.3 is 18.1 Å². The van der Waals surface area contributed by atoms with Gasteiger partial charge in [-0.05, 0) is 43.3 Å². The molecule has 0 unspecified atom stereocenters. The van der Waals surface area contributed by atoms with E-state index in [1.807, 2.05) is 0 Å². The highest BCUT2D eigenvalue weighted by molar-refractivity contribution is 7.89. The Balaban J connectivity index is 0.000000745. The summed E-state index contributed by atoms with van der Waals surface area (Å²) in [6.45, 7) is 0.339. The highest BCUT2D eigenvalue weighted by atomic mass is 32.2. The number of carboxylic acid groups (broad SMARTS) is 2. The van der Waals surface area contributed by atoms with E-state index in [4.69, 9.17) is 20.4 Å². The number of rotatable bonds is 11. The lowest BCUT2D eigenvalue weighted by Gasteiger charge is -2.16. The number of benzene rings is 1. The summed E-state index contributed by atoms with van der Waals surface area (Å²) in [5.41, 5.74) is 5.35. The Morgan fingerprint density at radius 1 is 1.05 bits per heavy atom. The number of nitrogens with one attached hydrogen (secondary N) is 2. The maximum atomic E-state index is 12.6. The minimum atomic E-state index is -5.08. The van der Waals surface area contributed by atoms with Gasteiger partial charge in [0.2, 0.25) is 10.0 Å². The predicted molar refractivity (Wildman–Crippen MR) is 137 cm³/mol. The highest BCUT2D eigenvalue weighted by Crippen LogP contribution is 2.14. The molecule has 1 atom stereocenters. The number of carbonyl (C=O) groups excluding carboxylic acids is 1. The maximum absolute atomic E-state index is 12.6. The van der Waals surface area contributed by atoms with E-state index < -0.39 is 52.2 Å². The van der Waals surface area contributed by atoms with Gasteiger partial charge in [-0.15, -0.1) is 0 Å². The number of sulfonamides is 1. The Labute approximate surface area is 230 Å². The van der Waals surface area contributed by atoms with Crippen molar-refractivity contribution < 1.29 is 50.9 Å².